The predicted octanol–water partition coefficient (Wildman–Crippen LogP) is 1.15. The number of benzene rings is 1. The van der Waals surface area contributed by atoms with Gasteiger partial charge in [-0.1, -0.05) is 0 Å². The van der Waals surface area contributed by atoms with Crippen LogP contribution in [0.5, 0.6) is 11.5 Å². The Morgan fingerprint density at radius 2 is 1.80 bits per heavy atom. The van der Waals surface area contributed by atoms with E-state index in [0.717, 1.165) is 42.7 Å². The third-order valence-corrected chi connectivity index (χ3v) is 5.44. The topological polar surface area (TPSA) is 108 Å². The van der Waals surface area contributed by atoms with Gasteiger partial charge >= 0.3 is 0 Å². The van der Waals surface area contributed by atoms with Crippen LogP contribution in [0.3, 0.4) is 0 Å². The summed E-state index contributed by atoms with van der Waals surface area (Å²) in [5.74, 6) is 2.19. The normalized spacial score (nSPS) is 16.2. The van der Waals surface area contributed by atoms with Crippen LogP contribution in [0.25, 0.3) is 10.9 Å². The molecule has 0 aliphatic carbocycles. The highest BCUT2D eigenvalue weighted by Gasteiger charge is 2.25. The maximum Gasteiger partial charge on any atom is 0.209 e. The van der Waals surface area contributed by atoms with E-state index in [1.807, 2.05) is 12.1 Å². The smallest absolute Gasteiger partial charge is 0.209 e. The van der Waals surface area contributed by atoms with Gasteiger partial charge in [0.25, 0.3) is 0 Å². The maximum absolute atomic E-state index is 11.3. The Kier molecular flexibility index (Phi) is 4.96. The van der Waals surface area contributed by atoms with Crippen molar-refractivity contribution < 1.29 is 17.9 Å². The van der Waals surface area contributed by atoms with Crippen molar-refractivity contribution in [2.45, 2.75) is 12.8 Å². The molecule has 1 fully saturated rings. The first-order chi connectivity index (χ1) is 11.9. The zero-order chi connectivity index (χ0) is 18.0. The van der Waals surface area contributed by atoms with Crippen molar-refractivity contribution in [1.82, 2.24) is 9.97 Å². The van der Waals surface area contributed by atoms with E-state index >= 15 is 0 Å². The highest BCUT2D eigenvalue weighted by atomic mass is 32.2. The summed E-state index contributed by atoms with van der Waals surface area (Å²) in [6.45, 7) is 1.45. The Balaban J connectivity index is 1.87. The minimum absolute atomic E-state index is 0.0381. The molecule has 0 amide bonds. The van der Waals surface area contributed by atoms with Gasteiger partial charge in [0.2, 0.25) is 10.0 Å². The lowest BCUT2D eigenvalue weighted by Gasteiger charge is -2.33. The minimum atomic E-state index is -3.43. The van der Waals surface area contributed by atoms with E-state index in [1.54, 1.807) is 14.2 Å². The molecule has 8 nitrogen and oxygen atoms in total. The molecule has 1 aliphatic rings. The monoisotopic (exact) mass is 366 g/mol. The van der Waals surface area contributed by atoms with Gasteiger partial charge < -0.3 is 14.4 Å². The van der Waals surface area contributed by atoms with E-state index < -0.39 is 10.0 Å². The lowest BCUT2D eigenvalue weighted by atomic mass is 9.98. The van der Waals surface area contributed by atoms with Gasteiger partial charge in [0.15, 0.2) is 11.5 Å². The summed E-state index contributed by atoms with van der Waals surface area (Å²) in [5.41, 5.74) is 0.773. The first kappa shape index (κ1) is 17.7. The van der Waals surface area contributed by atoms with Crippen LogP contribution in [0.2, 0.25) is 0 Å². The van der Waals surface area contributed by atoms with Crippen LogP contribution in [0, 0.1) is 5.92 Å². The molecule has 0 bridgehead atoms. The van der Waals surface area contributed by atoms with E-state index in [-0.39, 0.29) is 11.7 Å². The van der Waals surface area contributed by atoms with E-state index in [1.165, 1.54) is 6.33 Å². The van der Waals surface area contributed by atoms with Crippen LogP contribution in [0.1, 0.15) is 12.8 Å². The number of anilines is 1. The maximum atomic E-state index is 11.3. The van der Waals surface area contributed by atoms with E-state index in [4.69, 9.17) is 14.6 Å². The second-order valence-corrected chi connectivity index (χ2v) is 7.84. The summed E-state index contributed by atoms with van der Waals surface area (Å²) < 4.78 is 33.3. The third kappa shape index (κ3) is 3.93. The van der Waals surface area contributed by atoms with Crippen LogP contribution >= 0.6 is 0 Å². The summed E-state index contributed by atoms with van der Waals surface area (Å²) in [6, 6.07) is 3.70. The van der Waals surface area contributed by atoms with Crippen molar-refractivity contribution in [3.8, 4) is 11.5 Å². The predicted molar refractivity (Wildman–Crippen MR) is 95.6 cm³/mol. The van der Waals surface area contributed by atoms with Crippen LogP contribution in [0.15, 0.2) is 18.5 Å². The molecule has 0 radical (unpaired) electrons. The molecule has 25 heavy (non-hydrogen) atoms. The number of nitrogens with zero attached hydrogens (tertiary/aromatic N) is 3. The number of hydrogen-bond acceptors (Lipinski definition) is 7. The molecule has 1 saturated heterocycles. The van der Waals surface area contributed by atoms with Gasteiger partial charge in [-0.15, -0.1) is 0 Å². The van der Waals surface area contributed by atoms with Crippen LogP contribution in [-0.2, 0) is 10.0 Å². The summed E-state index contributed by atoms with van der Waals surface area (Å²) >= 11 is 0. The Morgan fingerprint density at radius 1 is 1.16 bits per heavy atom. The Labute approximate surface area is 147 Å². The lowest BCUT2D eigenvalue weighted by molar-refractivity contribution is 0.355. The first-order valence-electron chi connectivity index (χ1n) is 8.03. The molecule has 0 saturated carbocycles. The Bertz CT molecular complexity index is 864. The Hall–Kier alpha value is -2.13. The minimum Gasteiger partial charge on any atom is -0.493 e. The van der Waals surface area contributed by atoms with Gasteiger partial charge in [-0.2, -0.15) is 0 Å². The number of methoxy groups -OCH3 is 2. The van der Waals surface area contributed by atoms with Crippen molar-refractivity contribution in [3.05, 3.63) is 18.5 Å². The number of sulfonamides is 1. The molecule has 1 aliphatic heterocycles. The molecule has 2 heterocycles. The standard InChI is InChI=1S/C16H22N4O4S/c1-23-14-7-12-13(8-15(14)24-2)18-10-19-16(12)20-5-3-11(4-6-20)9-25(17,21)22/h7-8,10-11H,3-6,9H2,1-2H3,(H2,17,21,22). The molecule has 2 aromatic rings. The quantitative estimate of drug-likeness (QED) is 0.846. The number of nitrogens with two attached hydrogens (primary N) is 1. The molecule has 136 valence electrons. The highest BCUT2D eigenvalue weighted by molar-refractivity contribution is 7.89. The Morgan fingerprint density at radius 3 is 2.40 bits per heavy atom. The zero-order valence-corrected chi connectivity index (χ0v) is 15.1. The number of aromatic nitrogens is 2. The molecule has 9 heteroatoms. The average Bonchev–Trinajstić information content (AvgIpc) is 2.59. The fourth-order valence-electron chi connectivity index (χ4n) is 3.26. The lowest BCUT2D eigenvalue weighted by Crippen LogP contribution is -2.37. The highest BCUT2D eigenvalue weighted by Crippen LogP contribution is 2.35. The van der Waals surface area contributed by atoms with Crippen molar-refractivity contribution in [1.29, 1.82) is 0 Å². The molecule has 0 spiro atoms. The second-order valence-electron chi connectivity index (χ2n) is 6.18. The summed E-state index contributed by atoms with van der Waals surface area (Å²) in [4.78, 5) is 10.9. The van der Waals surface area contributed by atoms with Gasteiger partial charge in [0.1, 0.15) is 12.1 Å². The molecular formula is C16H22N4O4S. The molecule has 0 atom stereocenters. The van der Waals surface area contributed by atoms with Crippen molar-refractivity contribution in [3.63, 3.8) is 0 Å². The number of primary sulfonamides is 1. The fourth-order valence-corrected chi connectivity index (χ4v) is 4.25. The number of fused-ring (bicyclic) bond motifs is 1. The number of hydrogen-bond donors (Lipinski definition) is 1. The van der Waals surface area contributed by atoms with Crippen LogP contribution in [-0.4, -0.2) is 51.4 Å². The fraction of sp³-hybridized carbons (Fsp3) is 0.500. The molecular weight excluding hydrogens is 344 g/mol. The van der Waals surface area contributed by atoms with E-state index in [9.17, 15) is 8.42 Å². The summed E-state index contributed by atoms with van der Waals surface area (Å²) in [6.07, 6.45) is 3.05. The van der Waals surface area contributed by atoms with Gasteiger partial charge in [-0.3, -0.25) is 0 Å². The number of ether oxygens (including phenoxy) is 2. The van der Waals surface area contributed by atoms with Crippen LogP contribution < -0.4 is 19.5 Å². The third-order valence-electron chi connectivity index (χ3n) is 4.50. The zero-order valence-electron chi connectivity index (χ0n) is 14.3. The number of piperidine rings is 1. The second kappa shape index (κ2) is 7.01. The van der Waals surface area contributed by atoms with Gasteiger partial charge in [-0.25, -0.2) is 23.5 Å². The SMILES string of the molecule is COc1cc2ncnc(N3CCC(CS(N)(=O)=O)CC3)c2cc1OC. The average molecular weight is 366 g/mol. The molecule has 3 rings (SSSR count). The summed E-state index contributed by atoms with van der Waals surface area (Å²) in [5, 5.41) is 6.04. The van der Waals surface area contributed by atoms with Crippen molar-refractivity contribution >= 4 is 26.7 Å². The van der Waals surface area contributed by atoms with Gasteiger partial charge in [-0.05, 0) is 24.8 Å². The summed E-state index contributed by atoms with van der Waals surface area (Å²) in [7, 11) is -0.257. The van der Waals surface area contributed by atoms with E-state index in [2.05, 4.69) is 14.9 Å². The largest absolute Gasteiger partial charge is 0.493 e. The van der Waals surface area contributed by atoms with Crippen molar-refractivity contribution in [2.75, 3.05) is 38.0 Å². The van der Waals surface area contributed by atoms with Crippen LogP contribution in [0.4, 0.5) is 5.82 Å². The van der Waals surface area contributed by atoms with E-state index in [0.29, 0.717) is 11.5 Å². The van der Waals surface area contributed by atoms with Crippen molar-refractivity contribution in [2.24, 2.45) is 11.1 Å². The molecule has 2 N–H and O–H groups in total. The molecule has 0 unspecified atom stereocenters. The van der Waals surface area contributed by atoms with Gasteiger partial charge in [0.05, 0.1) is 25.5 Å². The molecule has 1 aromatic heterocycles. The first-order valence-corrected chi connectivity index (χ1v) is 9.75. The molecule has 1 aromatic carbocycles. The number of rotatable bonds is 5. The van der Waals surface area contributed by atoms with Gasteiger partial charge in [0, 0.05) is 24.5 Å².